The number of anilines is 2. The second-order valence-electron chi connectivity index (χ2n) is 5.96. The first-order chi connectivity index (χ1) is 13.6. The number of nitrogen functional groups attached to an aromatic ring is 1. The van der Waals surface area contributed by atoms with Gasteiger partial charge in [0, 0.05) is 23.4 Å². The minimum atomic E-state index is -4.62. The summed E-state index contributed by atoms with van der Waals surface area (Å²) in [7, 11) is 0. The van der Waals surface area contributed by atoms with E-state index in [1.807, 2.05) is 0 Å². The molecule has 3 rings (SSSR count). The van der Waals surface area contributed by atoms with Crippen molar-refractivity contribution in [3.05, 3.63) is 59.6 Å². The van der Waals surface area contributed by atoms with Crippen LogP contribution in [0.3, 0.4) is 0 Å². The predicted octanol–water partition coefficient (Wildman–Crippen LogP) is 4.10. The number of rotatable bonds is 4. The van der Waals surface area contributed by atoms with Gasteiger partial charge in [-0.15, -0.1) is 0 Å². The molecule has 2 aromatic heterocycles. The van der Waals surface area contributed by atoms with E-state index in [2.05, 4.69) is 15.4 Å². The highest BCUT2D eigenvalue weighted by Crippen LogP contribution is 2.34. The smallest absolute Gasteiger partial charge is 0.398 e. The molecular weight excluding hydrogens is 397 g/mol. The van der Waals surface area contributed by atoms with Crippen LogP contribution < -0.4 is 11.1 Å². The number of hydrogen-bond donors (Lipinski definition) is 2. The topological polar surface area (TPSA) is 85.8 Å². The van der Waals surface area contributed by atoms with Crippen LogP contribution >= 0.6 is 0 Å². The monoisotopic (exact) mass is 411 g/mol. The molecule has 152 valence electrons. The number of nitrogens with two attached hydrogens (primary N) is 1. The third kappa shape index (κ3) is 4.03. The maximum absolute atomic E-state index is 13.6. The summed E-state index contributed by atoms with van der Waals surface area (Å²) < 4.78 is 67.2. The molecular formula is C18H14F5N5O. The van der Waals surface area contributed by atoms with E-state index in [-0.39, 0.29) is 29.1 Å². The third-order valence-corrected chi connectivity index (χ3v) is 4.05. The zero-order valence-corrected chi connectivity index (χ0v) is 14.9. The maximum atomic E-state index is 13.6. The Kier molecular flexibility index (Phi) is 5.23. The summed E-state index contributed by atoms with van der Waals surface area (Å²) in [5.74, 6) is -2.98. The number of pyridine rings is 1. The van der Waals surface area contributed by atoms with Crippen LogP contribution in [0.1, 0.15) is 23.0 Å². The van der Waals surface area contributed by atoms with Crippen molar-refractivity contribution in [1.29, 1.82) is 0 Å². The van der Waals surface area contributed by atoms with Gasteiger partial charge in [0.05, 0.1) is 18.1 Å². The second kappa shape index (κ2) is 7.49. The second-order valence-corrected chi connectivity index (χ2v) is 5.96. The Labute approximate surface area is 161 Å². The van der Waals surface area contributed by atoms with Crippen LogP contribution in [0.25, 0.3) is 11.3 Å². The largest absolute Gasteiger partial charge is 0.435 e. The summed E-state index contributed by atoms with van der Waals surface area (Å²) in [4.78, 5) is 15.6. The Morgan fingerprint density at radius 1 is 1.17 bits per heavy atom. The Morgan fingerprint density at radius 3 is 2.38 bits per heavy atom. The fourth-order valence-electron chi connectivity index (χ4n) is 2.67. The molecule has 0 atom stereocenters. The van der Waals surface area contributed by atoms with Gasteiger partial charge in [0.2, 0.25) is 0 Å². The highest BCUT2D eigenvalue weighted by atomic mass is 19.4. The number of amides is 1. The molecule has 6 nitrogen and oxygen atoms in total. The number of aromatic nitrogens is 3. The van der Waals surface area contributed by atoms with Crippen LogP contribution in [0, 0.1) is 11.6 Å². The molecule has 0 spiro atoms. The van der Waals surface area contributed by atoms with Gasteiger partial charge in [-0.25, -0.2) is 8.78 Å². The number of nitrogens with zero attached hydrogens (tertiary/aromatic N) is 3. The zero-order chi connectivity index (χ0) is 21.3. The lowest BCUT2D eigenvalue weighted by Gasteiger charge is -2.11. The Balaban J connectivity index is 1.93. The van der Waals surface area contributed by atoms with E-state index in [9.17, 15) is 26.7 Å². The van der Waals surface area contributed by atoms with E-state index < -0.39 is 35.1 Å². The lowest BCUT2D eigenvalue weighted by atomic mass is 10.1. The molecule has 3 N–H and O–H groups in total. The Morgan fingerprint density at radius 2 is 1.83 bits per heavy atom. The predicted molar refractivity (Wildman–Crippen MR) is 94.9 cm³/mol. The lowest BCUT2D eigenvalue weighted by Crippen LogP contribution is -2.15. The number of carbonyl (C=O) groups excluding carboxylic acids is 1. The van der Waals surface area contributed by atoms with Gasteiger partial charge >= 0.3 is 6.18 Å². The molecule has 0 aliphatic rings. The fraction of sp³-hybridized carbons (Fsp3) is 0.167. The fourth-order valence-corrected chi connectivity index (χ4v) is 2.67. The maximum Gasteiger partial charge on any atom is 0.435 e. The average molecular weight is 411 g/mol. The summed E-state index contributed by atoms with van der Waals surface area (Å²) >= 11 is 0. The van der Waals surface area contributed by atoms with Crippen LogP contribution in [0.4, 0.5) is 33.3 Å². The van der Waals surface area contributed by atoms with E-state index in [0.29, 0.717) is 0 Å². The van der Waals surface area contributed by atoms with Crippen LogP contribution in [0.15, 0.2) is 36.7 Å². The van der Waals surface area contributed by atoms with Gasteiger partial charge in [-0.3, -0.25) is 14.5 Å². The van der Waals surface area contributed by atoms with E-state index in [1.165, 1.54) is 18.2 Å². The summed E-state index contributed by atoms with van der Waals surface area (Å²) in [5.41, 5.74) is 4.49. The van der Waals surface area contributed by atoms with Gasteiger partial charge in [0.25, 0.3) is 5.91 Å². The number of nitrogens with one attached hydrogen (secondary N) is 1. The van der Waals surface area contributed by atoms with Gasteiger partial charge in [0.1, 0.15) is 5.69 Å². The van der Waals surface area contributed by atoms with E-state index in [0.717, 1.165) is 23.1 Å². The zero-order valence-electron chi connectivity index (χ0n) is 14.9. The van der Waals surface area contributed by atoms with Crippen molar-refractivity contribution in [3.63, 3.8) is 0 Å². The molecule has 0 aliphatic heterocycles. The number of benzene rings is 1. The molecule has 11 heteroatoms. The molecule has 0 bridgehead atoms. The first-order valence-corrected chi connectivity index (χ1v) is 8.27. The van der Waals surface area contributed by atoms with Crippen molar-refractivity contribution in [2.45, 2.75) is 19.6 Å². The van der Waals surface area contributed by atoms with E-state index in [4.69, 9.17) is 5.73 Å². The summed E-state index contributed by atoms with van der Waals surface area (Å²) in [5, 5.41) is 5.59. The lowest BCUT2D eigenvalue weighted by molar-refractivity contribution is -0.141. The van der Waals surface area contributed by atoms with Crippen molar-refractivity contribution in [2.75, 3.05) is 11.1 Å². The van der Waals surface area contributed by atoms with Crippen molar-refractivity contribution >= 4 is 17.3 Å². The highest BCUT2D eigenvalue weighted by molar-refractivity contribution is 6.05. The molecule has 0 saturated heterocycles. The SMILES string of the molecule is CCn1nc(C(F)(F)F)cc1-c1ccc(C(=O)Nc2c(F)cncc2F)cc1N. The summed E-state index contributed by atoms with van der Waals surface area (Å²) in [6.45, 7) is 1.78. The summed E-state index contributed by atoms with van der Waals surface area (Å²) in [6.07, 6.45) is -3.15. The molecule has 29 heavy (non-hydrogen) atoms. The van der Waals surface area contributed by atoms with Gasteiger partial charge in [-0.05, 0) is 31.2 Å². The first kappa shape index (κ1) is 20.2. The molecule has 0 fully saturated rings. The summed E-state index contributed by atoms with van der Waals surface area (Å²) in [6, 6.07) is 4.67. The highest BCUT2D eigenvalue weighted by Gasteiger charge is 2.35. The van der Waals surface area contributed by atoms with Crippen LogP contribution in [0.5, 0.6) is 0 Å². The van der Waals surface area contributed by atoms with E-state index >= 15 is 0 Å². The van der Waals surface area contributed by atoms with Crippen molar-refractivity contribution in [1.82, 2.24) is 14.8 Å². The molecule has 0 aliphatic carbocycles. The number of hydrogen-bond acceptors (Lipinski definition) is 4. The molecule has 3 aromatic rings. The van der Waals surface area contributed by atoms with Crippen molar-refractivity contribution in [2.24, 2.45) is 0 Å². The van der Waals surface area contributed by atoms with Gasteiger partial charge < -0.3 is 11.1 Å². The first-order valence-electron chi connectivity index (χ1n) is 8.27. The van der Waals surface area contributed by atoms with Crippen molar-refractivity contribution < 1.29 is 26.7 Å². The Bertz CT molecular complexity index is 1060. The van der Waals surface area contributed by atoms with Crippen molar-refractivity contribution in [3.8, 4) is 11.3 Å². The minimum absolute atomic E-state index is 0.00310. The number of aryl methyl sites for hydroxylation is 1. The number of alkyl halides is 3. The molecule has 0 unspecified atom stereocenters. The van der Waals surface area contributed by atoms with Crippen LogP contribution in [0.2, 0.25) is 0 Å². The van der Waals surface area contributed by atoms with Gasteiger partial charge in [-0.1, -0.05) is 0 Å². The Hall–Kier alpha value is -3.50. The van der Waals surface area contributed by atoms with E-state index in [1.54, 1.807) is 6.92 Å². The molecule has 0 radical (unpaired) electrons. The van der Waals surface area contributed by atoms with Gasteiger partial charge in [0.15, 0.2) is 17.3 Å². The average Bonchev–Trinajstić information content (AvgIpc) is 3.09. The van der Waals surface area contributed by atoms with Crippen LogP contribution in [-0.2, 0) is 12.7 Å². The molecule has 1 amide bonds. The van der Waals surface area contributed by atoms with Gasteiger partial charge in [-0.2, -0.15) is 18.3 Å². The number of carbonyl (C=O) groups is 1. The third-order valence-electron chi connectivity index (χ3n) is 4.05. The normalized spacial score (nSPS) is 11.5. The molecule has 0 saturated carbocycles. The minimum Gasteiger partial charge on any atom is -0.398 e. The standard InChI is InChI=1S/C18H14F5N5O/c1-2-28-14(6-15(27-28)18(21,22)23)10-4-3-9(5-13(10)24)17(29)26-16-11(19)7-25-8-12(16)20/h3-8H,2,24H2,1H3,(H,25,26,29). The molecule has 2 heterocycles. The quantitative estimate of drug-likeness (QED) is 0.500. The van der Waals surface area contributed by atoms with Crippen LogP contribution in [-0.4, -0.2) is 20.7 Å². The molecule has 1 aromatic carbocycles. The number of halogens is 5.